The Morgan fingerprint density at radius 2 is 1.78 bits per heavy atom. The third kappa shape index (κ3) is 4.92. The van der Waals surface area contributed by atoms with Gasteiger partial charge < -0.3 is 14.5 Å². The fourth-order valence-corrected chi connectivity index (χ4v) is 3.38. The quantitative estimate of drug-likeness (QED) is 0.796. The highest BCUT2D eigenvalue weighted by molar-refractivity contribution is 7.89. The SMILES string of the molecule is COc1ccc(S(=O)(=O)NCCC(=O)N2CCN(C)CC2)cc1. The maximum absolute atomic E-state index is 12.1. The summed E-state index contributed by atoms with van der Waals surface area (Å²) in [6.45, 7) is 3.19. The van der Waals surface area contributed by atoms with Gasteiger partial charge in [0.1, 0.15) is 5.75 Å². The Morgan fingerprint density at radius 1 is 1.17 bits per heavy atom. The largest absolute Gasteiger partial charge is 0.497 e. The van der Waals surface area contributed by atoms with Crippen molar-refractivity contribution in [3.8, 4) is 5.75 Å². The number of piperazine rings is 1. The van der Waals surface area contributed by atoms with Crippen LogP contribution in [0.15, 0.2) is 29.2 Å². The van der Waals surface area contributed by atoms with E-state index in [4.69, 9.17) is 4.74 Å². The Hall–Kier alpha value is -1.64. The summed E-state index contributed by atoms with van der Waals surface area (Å²) in [7, 11) is -0.0667. The maximum Gasteiger partial charge on any atom is 0.240 e. The molecule has 0 bridgehead atoms. The number of nitrogens with zero attached hydrogens (tertiary/aromatic N) is 2. The lowest BCUT2D eigenvalue weighted by Gasteiger charge is -2.32. The molecule has 0 aliphatic carbocycles. The molecule has 7 nitrogen and oxygen atoms in total. The molecule has 0 atom stereocenters. The normalized spacial score (nSPS) is 16.3. The number of benzene rings is 1. The molecule has 0 aromatic heterocycles. The molecule has 23 heavy (non-hydrogen) atoms. The third-order valence-corrected chi connectivity index (χ3v) is 5.33. The first-order chi connectivity index (χ1) is 10.9. The molecule has 1 amide bonds. The fourth-order valence-electron chi connectivity index (χ4n) is 2.34. The molecule has 1 aromatic carbocycles. The van der Waals surface area contributed by atoms with Crippen molar-refractivity contribution in [2.75, 3.05) is 46.9 Å². The van der Waals surface area contributed by atoms with Crippen molar-refractivity contribution < 1.29 is 17.9 Å². The monoisotopic (exact) mass is 341 g/mol. The summed E-state index contributed by atoms with van der Waals surface area (Å²) in [5.74, 6) is 0.574. The Balaban J connectivity index is 1.83. The first kappa shape index (κ1) is 17.7. The van der Waals surface area contributed by atoms with Crippen LogP contribution in [0.25, 0.3) is 0 Å². The van der Waals surface area contributed by atoms with Crippen LogP contribution in [0.5, 0.6) is 5.75 Å². The molecule has 0 unspecified atom stereocenters. The third-order valence-electron chi connectivity index (χ3n) is 3.86. The molecule has 1 aromatic rings. The van der Waals surface area contributed by atoms with E-state index in [9.17, 15) is 13.2 Å². The number of likely N-dealkylation sites (N-methyl/N-ethyl adjacent to an activating group) is 1. The molecular weight excluding hydrogens is 318 g/mol. The molecule has 1 fully saturated rings. The molecule has 0 spiro atoms. The molecular formula is C15H23N3O4S. The van der Waals surface area contributed by atoms with E-state index in [1.54, 1.807) is 17.0 Å². The van der Waals surface area contributed by atoms with E-state index in [1.165, 1.54) is 19.2 Å². The Morgan fingerprint density at radius 3 is 2.35 bits per heavy atom. The van der Waals surface area contributed by atoms with Crippen LogP contribution >= 0.6 is 0 Å². The van der Waals surface area contributed by atoms with Crippen LogP contribution in [-0.4, -0.2) is 71.0 Å². The van der Waals surface area contributed by atoms with Crippen LogP contribution in [0.2, 0.25) is 0 Å². The van der Waals surface area contributed by atoms with Crippen LogP contribution in [0, 0.1) is 0 Å². The summed E-state index contributed by atoms with van der Waals surface area (Å²) in [5, 5.41) is 0. The molecule has 1 N–H and O–H groups in total. The van der Waals surface area contributed by atoms with Crippen molar-refractivity contribution in [1.82, 2.24) is 14.5 Å². The van der Waals surface area contributed by atoms with E-state index in [0.717, 1.165) is 13.1 Å². The Kier molecular flexibility index (Phi) is 5.97. The van der Waals surface area contributed by atoms with Crippen molar-refractivity contribution in [2.24, 2.45) is 0 Å². The van der Waals surface area contributed by atoms with E-state index in [-0.39, 0.29) is 23.8 Å². The first-order valence-electron chi connectivity index (χ1n) is 7.52. The van der Waals surface area contributed by atoms with Gasteiger partial charge in [-0.1, -0.05) is 0 Å². The highest BCUT2D eigenvalue weighted by Gasteiger charge is 2.20. The number of sulfonamides is 1. The lowest BCUT2D eigenvalue weighted by atomic mass is 10.3. The molecule has 1 saturated heterocycles. The molecule has 2 rings (SSSR count). The number of hydrogen-bond donors (Lipinski definition) is 1. The van der Waals surface area contributed by atoms with Crippen molar-refractivity contribution in [1.29, 1.82) is 0 Å². The number of nitrogens with one attached hydrogen (secondary N) is 1. The van der Waals surface area contributed by atoms with Gasteiger partial charge in [-0.15, -0.1) is 0 Å². The summed E-state index contributed by atoms with van der Waals surface area (Å²) in [4.78, 5) is 16.2. The van der Waals surface area contributed by atoms with Gasteiger partial charge in [-0.25, -0.2) is 13.1 Å². The van der Waals surface area contributed by atoms with Crippen LogP contribution in [-0.2, 0) is 14.8 Å². The highest BCUT2D eigenvalue weighted by Crippen LogP contribution is 2.15. The van der Waals surface area contributed by atoms with E-state index in [2.05, 4.69) is 9.62 Å². The molecule has 1 aliphatic rings. The van der Waals surface area contributed by atoms with E-state index in [1.807, 2.05) is 7.05 Å². The number of carbonyl (C=O) groups is 1. The second-order valence-corrected chi connectivity index (χ2v) is 7.27. The van der Waals surface area contributed by atoms with Crippen molar-refractivity contribution >= 4 is 15.9 Å². The number of amides is 1. The van der Waals surface area contributed by atoms with E-state index >= 15 is 0 Å². The minimum atomic E-state index is -3.60. The maximum atomic E-state index is 12.1. The van der Waals surface area contributed by atoms with Gasteiger partial charge in [0.2, 0.25) is 15.9 Å². The van der Waals surface area contributed by atoms with Gasteiger partial charge in [0.15, 0.2) is 0 Å². The Bertz CT molecular complexity index is 623. The average molecular weight is 341 g/mol. The zero-order chi connectivity index (χ0) is 16.9. The summed E-state index contributed by atoms with van der Waals surface area (Å²) < 4.78 is 31.8. The highest BCUT2D eigenvalue weighted by atomic mass is 32.2. The molecule has 0 saturated carbocycles. The van der Waals surface area contributed by atoms with Crippen molar-refractivity contribution in [3.63, 3.8) is 0 Å². The predicted molar refractivity (Wildman–Crippen MR) is 86.9 cm³/mol. The topological polar surface area (TPSA) is 78.9 Å². The number of ether oxygens (including phenoxy) is 1. The zero-order valence-corrected chi connectivity index (χ0v) is 14.3. The minimum absolute atomic E-state index is 0.0180. The summed E-state index contributed by atoms with van der Waals surface area (Å²) in [6.07, 6.45) is 0.166. The van der Waals surface area contributed by atoms with Gasteiger partial charge in [-0.2, -0.15) is 0 Å². The van der Waals surface area contributed by atoms with Gasteiger partial charge in [0.05, 0.1) is 12.0 Å². The molecule has 1 heterocycles. The van der Waals surface area contributed by atoms with Gasteiger partial charge in [0, 0.05) is 39.1 Å². The van der Waals surface area contributed by atoms with Crippen molar-refractivity contribution in [3.05, 3.63) is 24.3 Å². The molecule has 1 aliphatic heterocycles. The van der Waals surface area contributed by atoms with Gasteiger partial charge in [-0.05, 0) is 31.3 Å². The lowest BCUT2D eigenvalue weighted by Crippen LogP contribution is -2.47. The van der Waals surface area contributed by atoms with E-state index < -0.39 is 10.0 Å². The van der Waals surface area contributed by atoms with Crippen LogP contribution in [0.1, 0.15) is 6.42 Å². The molecule has 0 radical (unpaired) electrons. The molecule has 8 heteroatoms. The summed E-state index contributed by atoms with van der Waals surface area (Å²) in [6, 6.07) is 6.13. The predicted octanol–water partition coefficient (Wildman–Crippen LogP) is 0.138. The van der Waals surface area contributed by atoms with Gasteiger partial charge in [0.25, 0.3) is 0 Å². The molecule has 128 valence electrons. The lowest BCUT2D eigenvalue weighted by molar-refractivity contribution is -0.132. The number of hydrogen-bond acceptors (Lipinski definition) is 5. The number of carbonyl (C=O) groups excluding carboxylic acids is 1. The second kappa shape index (κ2) is 7.76. The van der Waals surface area contributed by atoms with Crippen LogP contribution in [0.4, 0.5) is 0 Å². The summed E-state index contributed by atoms with van der Waals surface area (Å²) in [5.41, 5.74) is 0. The zero-order valence-electron chi connectivity index (χ0n) is 13.5. The number of methoxy groups -OCH3 is 1. The fraction of sp³-hybridized carbons (Fsp3) is 0.533. The van der Waals surface area contributed by atoms with Gasteiger partial charge >= 0.3 is 0 Å². The van der Waals surface area contributed by atoms with Crippen LogP contribution in [0.3, 0.4) is 0 Å². The number of rotatable bonds is 6. The van der Waals surface area contributed by atoms with Gasteiger partial charge in [-0.3, -0.25) is 4.79 Å². The first-order valence-corrected chi connectivity index (χ1v) is 9.01. The van der Waals surface area contributed by atoms with E-state index in [0.29, 0.717) is 18.8 Å². The smallest absolute Gasteiger partial charge is 0.240 e. The standard InChI is InChI=1S/C15H23N3O4S/c1-17-9-11-18(12-10-17)15(19)7-8-16-23(20,21)14-5-3-13(22-2)4-6-14/h3-6,16H,7-12H2,1-2H3. The van der Waals surface area contributed by atoms with Crippen LogP contribution < -0.4 is 9.46 Å². The second-order valence-electron chi connectivity index (χ2n) is 5.51. The average Bonchev–Trinajstić information content (AvgIpc) is 2.55. The summed E-state index contributed by atoms with van der Waals surface area (Å²) >= 11 is 0. The Labute approximate surface area is 137 Å². The van der Waals surface area contributed by atoms with Crippen molar-refractivity contribution in [2.45, 2.75) is 11.3 Å². The minimum Gasteiger partial charge on any atom is -0.497 e.